The first kappa shape index (κ1) is 12.8. The number of methoxy groups -OCH3 is 1. The third-order valence-electron chi connectivity index (χ3n) is 2.34. The third kappa shape index (κ3) is 3.72. The van der Waals surface area contributed by atoms with Gasteiger partial charge in [0, 0.05) is 19.1 Å². The van der Waals surface area contributed by atoms with Crippen LogP contribution in [0.4, 0.5) is 0 Å². The van der Waals surface area contributed by atoms with E-state index in [1.165, 1.54) is 0 Å². The van der Waals surface area contributed by atoms with Gasteiger partial charge in [-0.25, -0.2) is 0 Å². The second-order valence-electron chi connectivity index (χ2n) is 3.52. The Morgan fingerprint density at radius 3 is 2.44 bits per heavy atom. The minimum absolute atomic E-state index is 0.00963. The molecule has 1 rings (SSSR count). The average molecular weight is 226 g/mol. The van der Waals surface area contributed by atoms with Crippen molar-refractivity contribution in [3.8, 4) is 11.5 Å². The standard InChI is InChI=1S/C12H18O4/c1-15-11-4-2-3-5-12(11)16-9-10(8-14)6-7-13/h2-5,10,13-14H,6-9H2,1H3. The molecule has 2 N–H and O–H groups in total. The highest BCUT2D eigenvalue weighted by molar-refractivity contribution is 5.39. The van der Waals surface area contributed by atoms with Crippen molar-refractivity contribution in [1.29, 1.82) is 0 Å². The highest BCUT2D eigenvalue weighted by atomic mass is 16.5. The van der Waals surface area contributed by atoms with E-state index in [2.05, 4.69) is 0 Å². The van der Waals surface area contributed by atoms with Crippen molar-refractivity contribution in [3.05, 3.63) is 24.3 Å². The molecule has 0 aromatic heterocycles. The molecular formula is C12H18O4. The zero-order valence-corrected chi connectivity index (χ0v) is 9.43. The number of aliphatic hydroxyl groups is 2. The Morgan fingerprint density at radius 1 is 1.19 bits per heavy atom. The van der Waals surface area contributed by atoms with Crippen molar-refractivity contribution in [2.75, 3.05) is 26.9 Å². The quantitative estimate of drug-likeness (QED) is 0.730. The fraction of sp³-hybridized carbons (Fsp3) is 0.500. The molecule has 4 nitrogen and oxygen atoms in total. The SMILES string of the molecule is COc1ccccc1OCC(CO)CCO. The molecule has 0 heterocycles. The van der Waals surface area contributed by atoms with Gasteiger partial charge in [0.1, 0.15) is 0 Å². The zero-order valence-electron chi connectivity index (χ0n) is 9.43. The van der Waals surface area contributed by atoms with Crippen LogP contribution in [0.25, 0.3) is 0 Å². The Balaban J connectivity index is 2.52. The molecule has 0 fully saturated rings. The molecular weight excluding hydrogens is 208 g/mol. The van der Waals surface area contributed by atoms with Gasteiger partial charge in [-0.1, -0.05) is 12.1 Å². The molecule has 0 aliphatic rings. The van der Waals surface area contributed by atoms with Crippen molar-refractivity contribution in [2.45, 2.75) is 6.42 Å². The van der Waals surface area contributed by atoms with Gasteiger partial charge in [-0.05, 0) is 18.6 Å². The van der Waals surface area contributed by atoms with Gasteiger partial charge in [-0.2, -0.15) is 0 Å². The van der Waals surface area contributed by atoms with Gasteiger partial charge in [0.2, 0.25) is 0 Å². The van der Waals surface area contributed by atoms with E-state index < -0.39 is 0 Å². The minimum Gasteiger partial charge on any atom is -0.493 e. The molecule has 0 radical (unpaired) electrons. The van der Waals surface area contributed by atoms with Crippen LogP contribution in [0, 0.1) is 5.92 Å². The third-order valence-corrected chi connectivity index (χ3v) is 2.34. The number of hydrogen-bond donors (Lipinski definition) is 2. The van der Waals surface area contributed by atoms with Crippen molar-refractivity contribution in [1.82, 2.24) is 0 Å². The summed E-state index contributed by atoms with van der Waals surface area (Å²) in [6.07, 6.45) is 0.533. The molecule has 0 aliphatic heterocycles. The van der Waals surface area contributed by atoms with E-state index >= 15 is 0 Å². The van der Waals surface area contributed by atoms with Crippen molar-refractivity contribution < 1.29 is 19.7 Å². The smallest absolute Gasteiger partial charge is 0.161 e. The minimum atomic E-state index is -0.0464. The lowest BCUT2D eigenvalue weighted by molar-refractivity contribution is 0.132. The predicted molar refractivity (Wildman–Crippen MR) is 60.8 cm³/mol. The topological polar surface area (TPSA) is 58.9 Å². The number of aliphatic hydroxyl groups excluding tert-OH is 2. The Kier molecular flexibility index (Phi) is 5.67. The summed E-state index contributed by atoms with van der Waals surface area (Å²) in [4.78, 5) is 0. The van der Waals surface area contributed by atoms with Crippen LogP contribution in [0.3, 0.4) is 0 Å². The number of rotatable bonds is 7. The first-order valence-electron chi connectivity index (χ1n) is 5.29. The van der Waals surface area contributed by atoms with Crippen LogP contribution in [0.1, 0.15) is 6.42 Å². The summed E-state index contributed by atoms with van der Waals surface area (Å²) in [6.45, 7) is 0.438. The Morgan fingerprint density at radius 2 is 1.88 bits per heavy atom. The van der Waals surface area contributed by atoms with Crippen LogP contribution in [0.15, 0.2) is 24.3 Å². The highest BCUT2D eigenvalue weighted by Gasteiger charge is 2.09. The maximum Gasteiger partial charge on any atom is 0.161 e. The Bertz CT molecular complexity index is 301. The first-order valence-corrected chi connectivity index (χ1v) is 5.29. The number of ether oxygens (including phenoxy) is 2. The van der Waals surface area contributed by atoms with Crippen LogP contribution in [0.2, 0.25) is 0 Å². The molecule has 0 saturated heterocycles. The normalized spacial score (nSPS) is 12.2. The fourth-order valence-corrected chi connectivity index (χ4v) is 1.36. The molecule has 1 aromatic rings. The second-order valence-corrected chi connectivity index (χ2v) is 3.52. The van der Waals surface area contributed by atoms with Crippen molar-refractivity contribution >= 4 is 0 Å². The Labute approximate surface area is 95.4 Å². The van der Waals surface area contributed by atoms with Crippen LogP contribution >= 0.6 is 0 Å². The maximum absolute atomic E-state index is 9.04. The molecule has 16 heavy (non-hydrogen) atoms. The molecule has 90 valence electrons. The van der Waals surface area contributed by atoms with Crippen LogP contribution in [0.5, 0.6) is 11.5 Å². The second kappa shape index (κ2) is 7.09. The number of hydrogen-bond acceptors (Lipinski definition) is 4. The van der Waals surface area contributed by atoms with Crippen molar-refractivity contribution in [3.63, 3.8) is 0 Å². The molecule has 1 aromatic carbocycles. The van der Waals surface area contributed by atoms with Gasteiger partial charge < -0.3 is 19.7 Å². The van der Waals surface area contributed by atoms with Crippen LogP contribution in [-0.4, -0.2) is 37.1 Å². The molecule has 0 amide bonds. The average Bonchev–Trinajstić information content (AvgIpc) is 2.34. The lowest BCUT2D eigenvalue weighted by Gasteiger charge is -2.15. The number of para-hydroxylation sites is 2. The van der Waals surface area contributed by atoms with Crippen LogP contribution < -0.4 is 9.47 Å². The predicted octanol–water partition coefficient (Wildman–Crippen LogP) is 1.06. The summed E-state index contributed by atoms with van der Waals surface area (Å²) >= 11 is 0. The van der Waals surface area contributed by atoms with Gasteiger partial charge in [0.25, 0.3) is 0 Å². The molecule has 0 aliphatic carbocycles. The molecule has 0 saturated carbocycles. The highest BCUT2D eigenvalue weighted by Crippen LogP contribution is 2.26. The van der Waals surface area contributed by atoms with E-state index in [1.807, 2.05) is 24.3 Å². The molecule has 0 bridgehead atoms. The summed E-state index contributed by atoms with van der Waals surface area (Å²) in [6, 6.07) is 7.35. The van der Waals surface area contributed by atoms with E-state index in [1.54, 1.807) is 7.11 Å². The monoisotopic (exact) mass is 226 g/mol. The molecule has 0 spiro atoms. The van der Waals surface area contributed by atoms with Crippen molar-refractivity contribution in [2.24, 2.45) is 5.92 Å². The lowest BCUT2D eigenvalue weighted by atomic mass is 10.1. The van der Waals surface area contributed by atoms with Gasteiger partial charge in [-0.3, -0.25) is 0 Å². The Hall–Kier alpha value is -1.26. The van der Waals surface area contributed by atoms with E-state index in [9.17, 15) is 0 Å². The van der Waals surface area contributed by atoms with E-state index in [4.69, 9.17) is 19.7 Å². The number of benzene rings is 1. The van der Waals surface area contributed by atoms with Gasteiger partial charge in [0.05, 0.1) is 13.7 Å². The summed E-state index contributed by atoms with van der Waals surface area (Å²) in [7, 11) is 1.58. The largest absolute Gasteiger partial charge is 0.493 e. The van der Waals surface area contributed by atoms with Crippen LogP contribution in [-0.2, 0) is 0 Å². The maximum atomic E-state index is 9.04. The van der Waals surface area contributed by atoms with E-state index in [-0.39, 0.29) is 19.1 Å². The zero-order chi connectivity index (χ0) is 11.8. The molecule has 1 atom stereocenters. The fourth-order valence-electron chi connectivity index (χ4n) is 1.36. The van der Waals surface area contributed by atoms with Gasteiger partial charge >= 0.3 is 0 Å². The summed E-state index contributed by atoms with van der Waals surface area (Å²) < 4.78 is 10.7. The van der Waals surface area contributed by atoms with E-state index in [0.29, 0.717) is 24.5 Å². The van der Waals surface area contributed by atoms with Gasteiger partial charge in [0.15, 0.2) is 11.5 Å². The molecule has 1 unspecified atom stereocenters. The summed E-state index contributed by atoms with van der Waals surface area (Å²) in [5.41, 5.74) is 0. The first-order chi connectivity index (χ1) is 7.81. The summed E-state index contributed by atoms with van der Waals surface area (Å²) in [5, 5.41) is 17.8. The summed E-state index contributed by atoms with van der Waals surface area (Å²) in [5.74, 6) is 1.28. The molecule has 4 heteroatoms. The lowest BCUT2D eigenvalue weighted by Crippen LogP contribution is -2.17. The van der Waals surface area contributed by atoms with E-state index in [0.717, 1.165) is 0 Å². The van der Waals surface area contributed by atoms with Gasteiger partial charge in [-0.15, -0.1) is 0 Å².